The van der Waals surface area contributed by atoms with Gasteiger partial charge in [0.2, 0.25) is 11.8 Å². The molecule has 0 spiro atoms. The van der Waals surface area contributed by atoms with E-state index in [9.17, 15) is 0 Å². The minimum Gasteiger partial charge on any atom is -0.420 e. The molecule has 0 aliphatic heterocycles. The highest BCUT2D eigenvalue weighted by Gasteiger charge is 2.10. The van der Waals surface area contributed by atoms with Crippen molar-refractivity contribution < 1.29 is 4.42 Å². The first-order valence-electron chi connectivity index (χ1n) is 4.13. The van der Waals surface area contributed by atoms with Crippen LogP contribution < -0.4 is 0 Å². The summed E-state index contributed by atoms with van der Waals surface area (Å²) >= 11 is 1.62. The van der Waals surface area contributed by atoms with Crippen LogP contribution in [0.25, 0.3) is 11.5 Å². The first-order valence-corrected chi connectivity index (χ1v) is 5.07. The molecule has 0 fully saturated rings. The Kier molecular flexibility index (Phi) is 2.14. The van der Waals surface area contributed by atoms with Gasteiger partial charge in [-0.3, -0.25) is 0 Å². The fourth-order valence-electron chi connectivity index (χ4n) is 0.971. The highest BCUT2D eigenvalue weighted by molar-refractivity contribution is 7.08. The normalized spacial score (nSPS) is 11.0. The second-order valence-electron chi connectivity index (χ2n) is 3.11. The summed E-state index contributed by atoms with van der Waals surface area (Å²) in [7, 11) is 0. The van der Waals surface area contributed by atoms with E-state index in [0.717, 1.165) is 5.56 Å². The number of rotatable bonds is 2. The zero-order valence-electron chi connectivity index (χ0n) is 7.52. The molecule has 68 valence electrons. The molecule has 2 aromatic rings. The number of aromatic nitrogens is 2. The molecule has 13 heavy (non-hydrogen) atoms. The number of thiophene rings is 1. The van der Waals surface area contributed by atoms with E-state index in [2.05, 4.69) is 10.2 Å². The molecule has 0 radical (unpaired) electrons. The van der Waals surface area contributed by atoms with E-state index in [1.54, 1.807) is 11.3 Å². The third-order valence-electron chi connectivity index (χ3n) is 1.70. The number of nitrogens with zero attached hydrogens (tertiary/aromatic N) is 2. The fourth-order valence-corrected chi connectivity index (χ4v) is 1.60. The smallest absolute Gasteiger partial charge is 0.248 e. The van der Waals surface area contributed by atoms with E-state index in [1.807, 2.05) is 30.7 Å². The maximum atomic E-state index is 5.47. The van der Waals surface area contributed by atoms with Crippen LogP contribution in [0.5, 0.6) is 0 Å². The van der Waals surface area contributed by atoms with Crippen LogP contribution in [0.1, 0.15) is 25.7 Å². The zero-order valence-corrected chi connectivity index (χ0v) is 8.34. The van der Waals surface area contributed by atoms with Crippen LogP contribution in [0.2, 0.25) is 0 Å². The molecule has 0 aromatic carbocycles. The monoisotopic (exact) mass is 194 g/mol. The van der Waals surface area contributed by atoms with Crippen LogP contribution in [0.4, 0.5) is 0 Å². The van der Waals surface area contributed by atoms with Crippen molar-refractivity contribution in [1.82, 2.24) is 10.2 Å². The summed E-state index contributed by atoms with van der Waals surface area (Å²) < 4.78 is 5.47. The first kappa shape index (κ1) is 8.44. The largest absolute Gasteiger partial charge is 0.420 e. The van der Waals surface area contributed by atoms with Gasteiger partial charge in [-0.25, -0.2) is 0 Å². The Morgan fingerprint density at radius 2 is 2.23 bits per heavy atom. The summed E-state index contributed by atoms with van der Waals surface area (Å²) in [5.41, 5.74) is 1.00. The second-order valence-corrected chi connectivity index (χ2v) is 3.89. The summed E-state index contributed by atoms with van der Waals surface area (Å²) in [6.45, 7) is 4.07. The molecule has 0 saturated heterocycles. The van der Waals surface area contributed by atoms with Crippen LogP contribution in [0.3, 0.4) is 0 Å². The van der Waals surface area contributed by atoms with Gasteiger partial charge in [0, 0.05) is 16.9 Å². The number of hydrogen-bond donors (Lipinski definition) is 0. The van der Waals surface area contributed by atoms with Crippen molar-refractivity contribution in [3.63, 3.8) is 0 Å². The van der Waals surface area contributed by atoms with Gasteiger partial charge < -0.3 is 4.42 Å². The summed E-state index contributed by atoms with van der Waals surface area (Å²) in [6.07, 6.45) is 0. The third kappa shape index (κ3) is 1.62. The van der Waals surface area contributed by atoms with Gasteiger partial charge in [0.05, 0.1) is 0 Å². The van der Waals surface area contributed by atoms with E-state index in [0.29, 0.717) is 17.7 Å². The predicted molar refractivity (Wildman–Crippen MR) is 51.7 cm³/mol. The SMILES string of the molecule is CC(C)c1nnc(-c2ccsc2)o1. The van der Waals surface area contributed by atoms with E-state index in [1.165, 1.54) is 0 Å². The topological polar surface area (TPSA) is 38.9 Å². The van der Waals surface area contributed by atoms with Crippen molar-refractivity contribution in [1.29, 1.82) is 0 Å². The number of hydrogen-bond acceptors (Lipinski definition) is 4. The average Bonchev–Trinajstić information content (AvgIpc) is 2.75. The van der Waals surface area contributed by atoms with E-state index in [-0.39, 0.29) is 0 Å². The Morgan fingerprint density at radius 3 is 2.77 bits per heavy atom. The van der Waals surface area contributed by atoms with Crippen molar-refractivity contribution in [3.05, 3.63) is 22.7 Å². The lowest BCUT2D eigenvalue weighted by molar-refractivity contribution is 0.481. The first-order chi connectivity index (χ1) is 6.27. The van der Waals surface area contributed by atoms with Crippen LogP contribution in [-0.2, 0) is 0 Å². The minimum absolute atomic E-state index is 0.292. The van der Waals surface area contributed by atoms with Gasteiger partial charge in [0.25, 0.3) is 0 Å². The Bertz CT molecular complexity index is 378. The maximum Gasteiger partial charge on any atom is 0.248 e. The molecule has 2 heterocycles. The molecule has 0 aliphatic carbocycles. The molecular formula is C9H10N2OS. The summed E-state index contributed by atoms with van der Waals surface area (Å²) in [5.74, 6) is 1.60. The molecule has 2 rings (SSSR count). The molecule has 0 N–H and O–H groups in total. The van der Waals surface area contributed by atoms with Crippen molar-refractivity contribution >= 4 is 11.3 Å². The van der Waals surface area contributed by atoms with Crippen LogP contribution in [0.15, 0.2) is 21.2 Å². The van der Waals surface area contributed by atoms with Crippen LogP contribution in [0, 0.1) is 0 Å². The van der Waals surface area contributed by atoms with Crippen molar-refractivity contribution in [2.24, 2.45) is 0 Å². The van der Waals surface area contributed by atoms with Gasteiger partial charge in [-0.05, 0) is 11.4 Å². The standard InChI is InChI=1S/C9H10N2OS/c1-6(2)8-10-11-9(12-8)7-3-4-13-5-7/h3-6H,1-2H3. The van der Waals surface area contributed by atoms with E-state index >= 15 is 0 Å². The Labute approximate surface area is 80.4 Å². The molecule has 0 amide bonds. The van der Waals surface area contributed by atoms with Gasteiger partial charge in [-0.2, -0.15) is 11.3 Å². The molecule has 0 saturated carbocycles. The predicted octanol–water partition coefficient (Wildman–Crippen LogP) is 2.92. The molecule has 4 heteroatoms. The Morgan fingerprint density at radius 1 is 1.38 bits per heavy atom. The van der Waals surface area contributed by atoms with Crippen LogP contribution in [-0.4, -0.2) is 10.2 Å². The highest BCUT2D eigenvalue weighted by atomic mass is 32.1. The van der Waals surface area contributed by atoms with Gasteiger partial charge in [-0.15, -0.1) is 10.2 Å². The van der Waals surface area contributed by atoms with Gasteiger partial charge in [0.1, 0.15) is 0 Å². The Balaban J connectivity index is 2.33. The summed E-state index contributed by atoms with van der Waals surface area (Å²) in [4.78, 5) is 0. The third-order valence-corrected chi connectivity index (χ3v) is 2.39. The lowest BCUT2D eigenvalue weighted by Gasteiger charge is -1.93. The minimum atomic E-state index is 0.292. The van der Waals surface area contributed by atoms with Crippen molar-refractivity contribution in [3.8, 4) is 11.5 Å². The zero-order chi connectivity index (χ0) is 9.26. The quantitative estimate of drug-likeness (QED) is 0.737. The van der Waals surface area contributed by atoms with Crippen molar-refractivity contribution in [2.45, 2.75) is 19.8 Å². The van der Waals surface area contributed by atoms with Gasteiger partial charge in [0.15, 0.2) is 0 Å². The Hall–Kier alpha value is -1.16. The molecule has 0 bridgehead atoms. The van der Waals surface area contributed by atoms with E-state index in [4.69, 9.17) is 4.42 Å². The lowest BCUT2D eigenvalue weighted by atomic mass is 10.2. The molecule has 0 aliphatic rings. The fraction of sp³-hybridized carbons (Fsp3) is 0.333. The lowest BCUT2D eigenvalue weighted by Crippen LogP contribution is -1.85. The second kappa shape index (κ2) is 3.30. The molecule has 0 unspecified atom stereocenters. The van der Waals surface area contributed by atoms with Crippen molar-refractivity contribution in [2.75, 3.05) is 0 Å². The molecule has 3 nitrogen and oxygen atoms in total. The summed E-state index contributed by atoms with van der Waals surface area (Å²) in [5, 5.41) is 11.9. The molecule has 0 atom stereocenters. The van der Waals surface area contributed by atoms with Gasteiger partial charge in [-0.1, -0.05) is 13.8 Å². The van der Waals surface area contributed by atoms with Crippen LogP contribution >= 0.6 is 11.3 Å². The van der Waals surface area contributed by atoms with Gasteiger partial charge >= 0.3 is 0 Å². The molecule has 2 aromatic heterocycles. The van der Waals surface area contributed by atoms with E-state index < -0.39 is 0 Å². The average molecular weight is 194 g/mol. The highest BCUT2D eigenvalue weighted by Crippen LogP contribution is 2.22. The molecular weight excluding hydrogens is 184 g/mol. The maximum absolute atomic E-state index is 5.47. The summed E-state index contributed by atoms with van der Waals surface area (Å²) in [6, 6.07) is 1.97.